The fourth-order valence-corrected chi connectivity index (χ4v) is 3.65. The summed E-state index contributed by atoms with van der Waals surface area (Å²) in [5, 5.41) is 3.48. The number of carbonyl (C=O) groups excluding carboxylic acids is 1. The van der Waals surface area contributed by atoms with Gasteiger partial charge in [0.15, 0.2) is 0 Å². The van der Waals surface area contributed by atoms with E-state index in [1.165, 1.54) is 18.6 Å². The van der Waals surface area contributed by atoms with Crippen molar-refractivity contribution in [3.63, 3.8) is 0 Å². The monoisotopic (exact) mass is 311 g/mol. The van der Waals surface area contributed by atoms with Crippen molar-refractivity contribution in [2.45, 2.75) is 37.8 Å². The van der Waals surface area contributed by atoms with Crippen LogP contribution in [-0.2, 0) is 11.2 Å². The average Bonchev–Trinajstić information content (AvgIpc) is 2.94. The molecule has 3 rings (SSSR count). The Morgan fingerprint density at radius 3 is 2.89 bits per heavy atom. The zero-order valence-corrected chi connectivity index (χ0v) is 11.5. The SMILES string of the molecule is O=C(Cc1ccc(F)cc1Br)C1CC2CCC1N2. The summed E-state index contributed by atoms with van der Waals surface area (Å²) in [7, 11) is 0. The van der Waals surface area contributed by atoms with E-state index in [9.17, 15) is 9.18 Å². The minimum absolute atomic E-state index is 0.153. The molecule has 3 unspecified atom stereocenters. The van der Waals surface area contributed by atoms with Gasteiger partial charge in [0, 0.05) is 28.9 Å². The highest BCUT2D eigenvalue weighted by atomic mass is 79.9. The molecule has 18 heavy (non-hydrogen) atoms. The van der Waals surface area contributed by atoms with Gasteiger partial charge in [-0.1, -0.05) is 22.0 Å². The van der Waals surface area contributed by atoms with E-state index in [1.807, 2.05) is 0 Å². The zero-order valence-electron chi connectivity index (χ0n) is 9.96. The standard InChI is InChI=1S/C14H15BrFNO/c15-12-6-9(16)2-1-8(12)5-14(18)11-7-10-3-4-13(11)17-10/h1-2,6,10-11,13,17H,3-5,7H2. The normalized spacial score (nSPS) is 29.8. The Balaban J connectivity index is 1.71. The molecule has 96 valence electrons. The molecule has 2 aliphatic rings. The molecular formula is C14H15BrFNO. The van der Waals surface area contributed by atoms with Crippen LogP contribution in [-0.4, -0.2) is 17.9 Å². The second kappa shape index (κ2) is 4.74. The van der Waals surface area contributed by atoms with Gasteiger partial charge in [0.2, 0.25) is 0 Å². The third-order valence-corrected chi connectivity index (χ3v) is 4.83. The van der Waals surface area contributed by atoms with Gasteiger partial charge in [-0.05, 0) is 37.0 Å². The third kappa shape index (κ3) is 2.24. The number of fused-ring (bicyclic) bond motifs is 2. The zero-order chi connectivity index (χ0) is 12.7. The van der Waals surface area contributed by atoms with Crippen molar-refractivity contribution in [3.05, 3.63) is 34.1 Å². The highest BCUT2D eigenvalue weighted by Gasteiger charge is 2.42. The van der Waals surface area contributed by atoms with Crippen molar-refractivity contribution < 1.29 is 9.18 Å². The van der Waals surface area contributed by atoms with E-state index in [4.69, 9.17) is 0 Å². The molecule has 1 aromatic rings. The fraction of sp³-hybridized carbons (Fsp3) is 0.500. The Hall–Kier alpha value is -0.740. The fourth-order valence-electron chi connectivity index (χ4n) is 3.16. The molecule has 0 spiro atoms. The molecule has 0 aromatic heterocycles. The van der Waals surface area contributed by atoms with Crippen LogP contribution in [0, 0.1) is 11.7 Å². The second-order valence-electron chi connectivity index (χ2n) is 5.27. The Labute approximate surface area is 114 Å². The summed E-state index contributed by atoms with van der Waals surface area (Å²) in [6.07, 6.45) is 3.69. The quantitative estimate of drug-likeness (QED) is 0.930. The number of Topliss-reactive ketones (excluding diaryl/α,β-unsaturated/α-hetero) is 1. The lowest BCUT2D eigenvalue weighted by Crippen LogP contribution is -2.29. The third-order valence-electron chi connectivity index (χ3n) is 4.09. The first kappa shape index (κ1) is 12.3. The summed E-state index contributed by atoms with van der Waals surface area (Å²) in [6.45, 7) is 0. The Morgan fingerprint density at radius 1 is 1.44 bits per heavy atom. The van der Waals surface area contributed by atoms with Gasteiger partial charge in [-0.15, -0.1) is 0 Å². The first-order chi connectivity index (χ1) is 8.63. The maximum Gasteiger partial charge on any atom is 0.141 e. The lowest BCUT2D eigenvalue weighted by Gasteiger charge is -2.19. The maximum atomic E-state index is 13.0. The maximum absolute atomic E-state index is 13.0. The van der Waals surface area contributed by atoms with Crippen LogP contribution < -0.4 is 5.32 Å². The number of hydrogen-bond donors (Lipinski definition) is 1. The Kier molecular flexibility index (Phi) is 3.24. The molecule has 2 heterocycles. The topological polar surface area (TPSA) is 29.1 Å². The van der Waals surface area contributed by atoms with Crippen molar-refractivity contribution in [3.8, 4) is 0 Å². The summed E-state index contributed by atoms with van der Waals surface area (Å²) in [6, 6.07) is 5.44. The number of hydrogen-bond acceptors (Lipinski definition) is 2. The molecule has 2 bridgehead atoms. The number of rotatable bonds is 3. The molecule has 1 aromatic carbocycles. The molecule has 0 radical (unpaired) electrons. The summed E-state index contributed by atoms with van der Waals surface area (Å²) >= 11 is 3.32. The van der Waals surface area contributed by atoms with Crippen LogP contribution in [0.25, 0.3) is 0 Å². The largest absolute Gasteiger partial charge is 0.310 e. The van der Waals surface area contributed by atoms with E-state index < -0.39 is 0 Å². The molecule has 2 saturated heterocycles. The Morgan fingerprint density at radius 2 is 2.28 bits per heavy atom. The molecule has 2 nitrogen and oxygen atoms in total. The molecule has 1 N–H and O–H groups in total. The van der Waals surface area contributed by atoms with Crippen molar-refractivity contribution in [2.75, 3.05) is 0 Å². The number of halogens is 2. The number of nitrogens with one attached hydrogen (secondary N) is 1. The van der Waals surface area contributed by atoms with Crippen LogP contribution in [0.3, 0.4) is 0 Å². The molecule has 2 fully saturated rings. The van der Waals surface area contributed by atoms with Crippen molar-refractivity contribution in [2.24, 2.45) is 5.92 Å². The van der Waals surface area contributed by atoms with Gasteiger partial charge < -0.3 is 5.32 Å². The first-order valence-corrected chi connectivity index (χ1v) is 7.15. The van der Waals surface area contributed by atoms with Crippen molar-refractivity contribution in [1.82, 2.24) is 5.32 Å². The molecule has 0 aliphatic carbocycles. The average molecular weight is 312 g/mol. The van der Waals surface area contributed by atoms with Crippen molar-refractivity contribution in [1.29, 1.82) is 0 Å². The molecule has 4 heteroatoms. The van der Waals surface area contributed by atoms with E-state index in [1.54, 1.807) is 6.07 Å². The minimum Gasteiger partial charge on any atom is -0.310 e. The highest BCUT2D eigenvalue weighted by molar-refractivity contribution is 9.10. The van der Waals surface area contributed by atoms with Crippen LogP contribution >= 0.6 is 15.9 Å². The molecular weight excluding hydrogens is 297 g/mol. The van der Waals surface area contributed by atoms with Gasteiger partial charge in [-0.25, -0.2) is 4.39 Å². The van der Waals surface area contributed by atoms with E-state index in [0.29, 0.717) is 23.0 Å². The Bertz CT molecular complexity index is 491. The van der Waals surface area contributed by atoms with Gasteiger partial charge in [-0.3, -0.25) is 4.79 Å². The summed E-state index contributed by atoms with van der Waals surface area (Å²) < 4.78 is 13.7. The summed E-state index contributed by atoms with van der Waals surface area (Å²) in [5.41, 5.74) is 0.879. The van der Waals surface area contributed by atoms with Crippen LogP contribution in [0.1, 0.15) is 24.8 Å². The van der Waals surface area contributed by atoms with Gasteiger partial charge in [0.05, 0.1) is 0 Å². The van der Waals surface area contributed by atoms with E-state index in [0.717, 1.165) is 18.4 Å². The lowest BCUT2D eigenvalue weighted by atomic mass is 9.84. The van der Waals surface area contributed by atoms with Gasteiger partial charge in [0.25, 0.3) is 0 Å². The summed E-state index contributed by atoms with van der Waals surface area (Å²) in [5.74, 6) is 0.155. The van der Waals surface area contributed by atoms with Gasteiger partial charge in [0.1, 0.15) is 11.6 Å². The lowest BCUT2D eigenvalue weighted by molar-refractivity contribution is -0.122. The second-order valence-corrected chi connectivity index (χ2v) is 6.12. The molecule has 2 aliphatic heterocycles. The highest BCUT2D eigenvalue weighted by Crippen LogP contribution is 2.34. The van der Waals surface area contributed by atoms with Gasteiger partial charge in [-0.2, -0.15) is 0 Å². The smallest absolute Gasteiger partial charge is 0.141 e. The predicted octanol–water partition coefficient (Wildman–Crippen LogP) is 2.84. The van der Waals surface area contributed by atoms with Gasteiger partial charge >= 0.3 is 0 Å². The predicted molar refractivity (Wildman–Crippen MR) is 70.9 cm³/mol. The van der Waals surface area contributed by atoms with Crippen LogP contribution in [0.5, 0.6) is 0 Å². The molecule has 3 atom stereocenters. The first-order valence-electron chi connectivity index (χ1n) is 6.36. The molecule has 0 saturated carbocycles. The molecule has 0 amide bonds. The van der Waals surface area contributed by atoms with Crippen LogP contribution in [0.2, 0.25) is 0 Å². The number of carbonyl (C=O) groups is 1. The minimum atomic E-state index is -0.278. The van der Waals surface area contributed by atoms with Crippen molar-refractivity contribution >= 4 is 21.7 Å². The van der Waals surface area contributed by atoms with Crippen LogP contribution in [0.4, 0.5) is 4.39 Å². The van der Waals surface area contributed by atoms with E-state index in [2.05, 4.69) is 21.2 Å². The van der Waals surface area contributed by atoms with E-state index >= 15 is 0 Å². The summed E-state index contributed by atoms with van der Waals surface area (Å²) in [4.78, 5) is 12.3. The van der Waals surface area contributed by atoms with E-state index in [-0.39, 0.29) is 17.5 Å². The van der Waals surface area contributed by atoms with Crippen LogP contribution in [0.15, 0.2) is 22.7 Å². The number of benzene rings is 1. The number of ketones is 1.